The van der Waals surface area contributed by atoms with Crippen molar-refractivity contribution in [2.45, 2.75) is 12.6 Å². The van der Waals surface area contributed by atoms with Gasteiger partial charge in [-0.1, -0.05) is 65.8 Å². The Bertz CT molecular complexity index is 774. The van der Waals surface area contributed by atoms with Crippen LogP contribution in [0.25, 0.3) is 11.4 Å². The fourth-order valence-corrected chi connectivity index (χ4v) is 2.91. The highest BCUT2D eigenvalue weighted by Crippen LogP contribution is 2.24. The van der Waals surface area contributed by atoms with Crippen molar-refractivity contribution in [3.05, 3.63) is 72.1 Å². The van der Waals surface area contributed by atoms with Crippen LogP contribution in [-0.4, -0.2) is 34.7 Å². The van der Waals surface area contributed by atoms with Crippen molar-refractivity contribution in [3.63, 3.8) is 0 Å². The Kier molecular flexibility index (Phi) is 4.36. The van der Waals surface area contributed by atoms with Crippen LogP contribution in [0.3, 0.4) is 0 Å². The van der Waals surface area contributed by atoms with Gasteiger partial charge in [0.05, 0.1) is 6.61 Å². The minimum absolute atomic E-state index is 0.174. The third-order valence-corrected chi connectivity index (χ3v) is 4.15. The van der Waals surface area contributed by atoms with Crippen molar-refractivity contribution in [2.24, 2.45) is 0 Å². The maximum absolute atomic E-state index is 5.84. The van der Waals surface area contributed by atoms with Gasteiger partial charge in [0, 0.05) is 25.2 Å². The number of rotatable bonds is 4. The molecule has 1 aromatic heterocycles. The van der Waals surface area contributed by atoms with Gasteiger partial charge in [0.15, 0.2) is 0 Å². The highest BCUT2D eigenvalue weighted by atomic mass is 16.5. The van der Waals surface area contributed by atoms with Crippen LogP contribution in [0, 0.1) is 0 Å². The number of benzene rings is 2. The molecule has 1 aliphatic heterocycles. The van der Waals surface area contributed by atoms with Crippen LogP contribution in [0.5, 0.6) is 0 Å². The van der Waals surface area contributed by atoms with E-state index in [0.29, 0.717) is 18.3 Å². The maximum atomic E-state index is 5.84. The first-order valence-corrected chi connectivity index (χ1v) is 8.15. The Hall–Kier alpha value is -2.50. The SMILES string of the molecule is c1ccc(CN2CCOC(c3nc(-c4ccccc4)no3)C2)cc1. The number of hydrogen-bond donors (Lipinski definition) is 0. The van der Waals surface area contributed by atoms with E-state index < -0.39 is 0 Å². The summed E-state index contributed by atoms with van der Waals surface area (Å²) in [5.74, 6) is 1.15. The minimum Gasteiger partial charge on any atom is -0.366 e. The summed E-state index contributed by atoms with van der Waals surface area (Å²) in [6.45, 7) is 3.23. The summed E-state index contributed by atoms with van der Waals surface area (Å²) in [5, 5.41) is 4.09. The van der Waals surface area contributed by atoms with Crippen LogP contribution in [-0.2, 0) is 11.3 Å². The second-order valence-corrected chi connectivity index (χ2v) is 5.90. The molecule has 24 heavy (non-hydrogen) atoms. The molecule has 4 rings (SSSR count). The van der Waals surface area contributed by atoms with Crippen LogP contribution in [0.4, 0.5) is 0 Å². The largest absolute Gasteiger partial charge is 0.366 e. The van der Waals surface area contributed by atoms with Crippen molar-refractivity contribution < 1.29 is 9.26 Å². The van der Waals surface area contributed by atoms with Crippen molar-refractivity contribution >= 4 is 0 Å². The number of morpholine rings is 1. The van der Waals surface area contributed by atoms with E-state index in [1.807, 2.05) is 36.4 Å². The fraction of sp³-hybridized carbons (Fsp3) is 0.263. The number of hydrogen-bond acceptors (Lipinski definition) is 5. The molecule has 0 aliphatic carbocycles. The quantitative estimate of drug-likeness (QED) is 0.738. The Morgan fingerprint density at radius 1 is 1.00 bits per heavy atom. The van der Waals surface area contributed by atoms with Crippen LogP contribution >= 0.6 is 0 Å². The summed E-state index contributed by atoms with van der Waals surface area (Å²) in [7, 11) is 0. The van der Waals surface area contributed by atoms with E-state index in [2.05, 4.69) is 39.3 Å². The molecule has 2 aromatic carbocycles. The molecule has 5 heteroatoms. The number of ether oxygens (including phenoxy) is 1. The average molecular weight is 321 g/mol. The van der Waals surface area contributed by atoms with Gasteiger partial charge in [-0.15, -0.1) is 0 Å². The van der Waals surface area contributed by atoms with E-state index in [4.69, 9.17) is 9.26 Å². The monoisotopic (exact) mass is 321 g/mol. The van der Waals surface area contributed by atoms with E-state index in [1.54, 1.807) is 0 Å². The summed E-state index contributed by atoms with van der Waals surface area (Å²) in [4.78, 5) is 6.87. The molecule has 0 N–H and O–H groups in total. The molecule has 1 unspecified atom stereocenters. The molecular formula is C19H19N3O2. The van der Waals surface area contributed by atoms with Gasteiger partial charge in [0.2, 0.25) is 5.82 Å². The van der Waals surface area contributed by atoms with E-state index >= 15 is 0 Å². The third-order valence-electron chi connectivity index (χ3n) is 4.15. The van der Waals surface area contributed by atoms with Crippen molar-refractivity contribution in [1.82, 2.24) is 15.0 Å². The smallest absolute Gasteiger partial charge is 0.257 e. The van der Waals surface area contributed by atoms with Crippen LogP contribution < -0.4 is 0 Å². The summed E-state index contributed by atoms with van der Waals surface area (Å²) in [5.41, 5.74) is 2.25. The predicted octanol–water partition coefficient (Wildman–Crippen LogP) is 3.31. The van der Waals surface area contributed by atoms with Gasteiger partial charge in [-0.05, 0) is 5.56 Å². The zero-order chi connectivity index (χ0) is 16.2. The lowest BCUT2D eigenvalue weighted by Crippen LogP contribution is -2.37. The average Bonchev–Trinajstić information content (AvgIpc) is 3.14. The lowest BCUT2D eigenvalue weighted by Gasteiger charge is -2.31. The van der Waals surface area contributed by atoms with Crippen molar-refractivity contribution in [3.8, 4) is 11.4 Å². The highest BCUT2D eigenvalue weighted by molar-refractivity contribution is 5.53. The first-order chi connectivity index (χ1) is 11.9. The van der Waals surface area contributed by atoms with Gasteiger partial charge < -0.3 is 9.26 Å². The van der Waals surface area contributed by atoms with Gasteiger partial charge in [-0.25, -0.2) is 0 Å². The Balaban J connectivity index is 1.45. The molecule has 0 amide bonds. The van der Waals surface area contributed by atoms with Crippen LogP contribution in [0.15, 0.2) is 65.2 Å². The Morgan fingerprint density at radius 2 is 1.75 bits per heavy atom. The maximum Gasteiger partial charge on any atom is 0.257 e. The summed E-state index contributed by atoms with van der Waals surface area (Å²) in [6, 6.07) is 20.3. The topological polar surface area (TPSA) is 51.4 Å². The standard InChI is InChI=1S/C19H19N3O2/c1-3-7-15(8-4-1)13-22-11-12-23-17(14-22)19-20-18(21-24-19)16-9-5-2-6-10-16/h1-10,17H,11-14H2. The zero-order valence-electron chi connectivity index (χ0n) is 13.3. The van der Waals surface area contributed by atoms with Gasteiger partial charge in [0.25, 0.3) is 5.89 Å². The molecular weight excluding hydrogens is 302 g/mol. The van der Waals surface area contributed by atoms with Crippen LogP contribution in [0.2, 0.25) is 0 Å². The van der Waals surface area contributed by atoms with E-state index in [1.165, 1.54) is 5.56 Å². The van der Waals surface area contributed by atoms with E-state index in [0.717, 1.165) is 25.2 Å². The molecule has 1 saturated heterocycles. The van der Waals surface area contributed by atoms with Crippen molar-refractivity contribution in [1.29, 1.82) is 0 Å². The first kappa shape index (κ1) is 15.1. The lowest BCUT2D eigenvalue weighted by atomic mass is 10.2. The van der Waals surface area contributed by atoms with Crippen LogP contribution in [0.1, 0.15) is 17.6 Å². The fourth-order valence-electron chi connectivity index (χ4n) is 2.91. The van der Waals surface area contributed by atoms with Gasteiger partial charge >= 0.3 is 0 Å². The molecule has 0 radical (unpaired) electrons. The van der Waals surface area contributed by atoms with Crippen molar-refractivity contribution in [2.75, 3.05) is 19.7 Å². The van der Waals surface area contributed by atoms with Gasteiger partial charge in [-0.2, -0.15) is 4.98 Å². The predicted molar refractivity (Wildman–Crippen MR) is 90.1 cm³/mol. The molecule has 1 fully saturated rings. The molecule has 0 spiro atoms. The number of nitrogens with zero attached hydrogens (tertiary/aromatic N) is 3. The molecule has 1 atom stereocenters. The Labute approximate surface area is 140 Å². The summed E-state index contributed by atoms with van der Waals surface area (Å²) < 4.78 is 11.3. The normalized spacial score (nSPS) is 18.6. The molecule has 122 valence electrons. The van der Waals surface area contributed by atoms with Gasteiger partial charge in [0.1, 0.15) is 6.10 Å². The first-order valence-electron chi connectivity index (χ1n) is 8.15. The molecule has 1 aliphatic rings. The molecule has 3 aromatic rings. The second kappa shape index (κ2) is 6.95. The second-order valence-electron chi connectivity index (χ2n) is 5.90. The summed E-state index contributed by atoms with van der Waals surface area (Å²) in [6.07, 6.45) is -0.174. The van der Waals surface area contributed by atoms with E-state index in [9.17, 15) is 0 Å². The number of aromatic nitrogens is 2. The summed E-state index contributed by atoms with van der Waals surface area (Å²) >= 11 is 0. The lowest BCUT2D eigenvalue weighted by molar-refractivity contribution is -0.0475. The Morgan fingerprint density at radius 3 is 2.54 bits per heavy atom. The highest BCUT2D eigenvalue weighted by Gasteiger charge is 2.27. The molecule has 5 nitrogen and oxygen atoms in total. The minimum atomic E-state index is -0.174. The molecule has 0 saturated carbocycles. The molecule has 0 bridgehead atoms. The third kappa shape index (κ3) is 3.37. The van der Waals surface area contributed by atoms with Gasteiger partial charge in [-0.3, -0.25) is 4.90 Å². The van der Waals surface area contributed by atoms with E-state index in [-0.39, 0.29) is 6.10 Å². The molecule has 2 heterocycles. The zero-order valence-corrected chi connectivity index (χ0v) is 13.3.